The summed E-state index contributed by atoms with van der Waals surface area (Å²) in [6, 6.07) is 7.03. The number of pyridine rings is 1. The molecule has 0 spiro atoms. The predicted molar refractivity (Wildman–Crippen MR) is 104 cm³/mol. The Morgan fingerprint density at radius 1 is 0.923 bits per heavy atom. The number of alkyl halides is 3. The molecule has 0 aliphatic rings. The Bertz CT molecular complexity index is 825. The molecule has 0 bridgehead atoms. The zero-order valence-electron chi connectivity index (χ0n) is 17.0. The van der Waals surface area contributed by atoms with Crippen LogP contribution in [0.3, 0.4) is 0 Å². The summed E-state index contributed by atoms with van der Waals surface area (Å²) in [5.74, 6) is 0. The van der Waals surface area contributed by atoms with Gasteiger partial charge in [0.1, 0.15) is 7.05 Å². The first-order chi connectivity index (χ1) is 11.6. The van der Waals surface area contributed by atoms with Gasteiger partial charge in [0, 0.05) is 16.8 Å². The first-order valence-electron chi connectivity index (χ1n) is 8.85. The number of benzene rings is 1. The van der Waals surface area contributed by atoms with Crippen molar-refractivity contribution in [3.63, 3.8) is 0 Å². The fraction of sp³-hybridized carbons (Fsp3) is 0.476. The van der Waals surface area contributed by atoms with Gasteiger partial charge in [-0.05, 0) is 29.5 Å². The third-order valence-corrected chi connectivity index (χ3v) is 6.78. The molecule has 0 N–H and O–H groups in total. The highest BCUT2D eigenvalue weighted by Crippen LogP contribution is 2.40. The minimum absolute atomic E-state index is 0.340. The number of hydrogen-bond donors (Lipinski definition) is 0. The molecule has 0 radical (unpaired) electrons. The summed E-state index contributed by atoms with van der Waals surface area (Å²) in [7, 11) is 0.428. The average molecular weight is 381 g/mol. The van der Waals surface area contributed by atoms with E-state index in [1.54, 1.807) is 6.07 Å². The largest absolute Gasteiger partial charge is 0.416 e. The highest BCUT2D eigenvalue weighted by Gasteiger charge is 2.37. The second-order valence-corrected chi connectivity index (χ2v) is 14.2. The van der Waals surface area contributed by atoms with Gasteiger partial charge in [-0.1, -0.05) is 52.5 Å². The van der Waals surface area contributed by atoms with Crippen molar-refractivity contribution in [3.05, 3.63) is 47.2 Å². The van der Waals surface area contributed by atoms with E-state index in [0.717, 1.165) is 11.3 Å². The van der Waals surface area contributed by atoms with Gasteiger partial charge in [-0.3, -0.25) is 0 Å². The Morgan fingerprint density at radius 2 is 1.50 bits per heavy atom. The monoisotopic (exact) mass is 380 g/mol. The van der Waals surface area contributed by atoms with Crippen LogP contribution in [0.15, 0.2) is 30.5 Å². The summed E-state index contributed by atoms with van der Waals surface area (Å²) in [6.07, 6.45) is -2.31. The van der Waals surface area contributed by atoms with E-state index in [0.29, 0.717) is 11.1 Å². The van der Waals surface area contributed by atoms with Crippen LogP contribution in [0.1, 0.15) is 37.5 Å². The maximum absolute atomic E-state index is 13.7. The van der Waals surface area contributed by atoms with Crippen LogP contribution in [0.5, 0.6) is 0 Å². The van der Waals surface area contributed by atoms with Crippen LogP contribution in [-0.2, 0) is 18.6 Å². The van der Waals surface area contributed by atoms with E-state index in [-0.39, 0.29) is 0 Å². The molecule has 2 rings (SSSR count). The minimum atomic E-state index is -4.37. The van der Waals surface area contributed by atoms with Crippen molar-refractivity contribution in [3.8, 4) is 11.3 Å². The van der Waals surface area contributed by atoms with Crippen molar-refractivity contribution in [1.82, 2.24) is 0 Å². The predicted octanol–water partition coefficient (Wildman–Crippen LogP) is 5.35. The number of aryl methyl sites for hydroxylation is 2. The lowest BCUT2D eigenvalue weighted by Gasteiger charge is -2.25. The first kappa shape index (κ1) is 20.7. The molecular formula is C21H29F3NSi+. The molecule has 1 aromatic carbocycles. The molecule has 0 saturated heterocycles. The normalized spacial score (nSPS) is 13.2. The van der Waals surface area contributed by atoms with Crippen molar-refractivity contribution in [2.45, 2.75) is 58.9 Å². The van der Waals surface area contributed by atoms with Gasteiger partial charge in [0.25, 0.3) is 0 Å². The molecule has 0 fully saturated rings. The lowest BCUT2D eigenvalue weighted by atomic mass is 9.81. The van der Waals surface area contributed by atoms with Crippen LogP contribution in [0.2, 0.25) is 19.6 Å². The number of rotatable bonds is 2. The number of nitrogens with zero attached hydrogens (tertiary/aromatic N) is 1. The van der Waals surface area contributed by atoms with Crippen LogP contribution < -0.4 is 9.75 Å². The third-order valence-electron chi connectivity index (χ3n) is 4.75. The molecule has 0 aliphatic heterocycles. The van der Waals surface area contributed by atoms with Gasteiger partial charge in [0.15, 0.2) is 6.20 Å². The Kier molecular flexibility index (Phi) is 5.19. The van der Waals surface area contributed by atoms with E-state index >= 15 is 0 Å². The van der Waals surface area contributed by atoms with E-state index in [1.165, 1.54) is 11.3 Å². The summed E-state index contributed by atoms with van der Waals surface area (Å²) >= 11 is 0. The standard InChI is InChI=1S/C21H29F3NSi/c1-14-11-17(20(2,3)4)18(21(22,23)24)12-16(14)19-10-9-15(13-25(19)5)26(6,7)8/h9-13H,1-8H3/q+1. The summed E-state index contributed by atoms with van der Waals surface area (Å²) in [4.78, 5) is 0. The molecule has 1 nitrogen and oxygen atoms in total. The van der Waals surface area contributed by atoms with Crippen molar-refractivity contribution in [2.75, 3.05) is 0 Å². The molecule has 26 heavy (non-hydrogen) atoms. The molecule has 0 amide bonds. The first-order valence-corrected chi connectivity index (χ1v) is 12.4. The van der Waals surface area contributed by atoms with Gasteiger partial charge >= 0.3 is 6.18 Å². The Labute approximate surface area is 155 Å². The zero-order valence-corrected chi connectivity index (χ0v) is 18.0. The van der Waals surface area contributed by atoms with Crippen LogP contribution in [0.4, 0.5) is 13.2 Å². The molecule has 142 valence electrons. The lowest BCUT2D eigenvalue weighted by molar-refractivity contribution is -0.659. The number of hydrogen-bond acceptors (Lipinski definition) is 0. The maximum Gasteiger partial charge on any atom is 0.416 e. The highest BCUT2D eigenvalue weighted by molar-refractivity contribution is 6.88. The lowest BCUT2D eigenvalue weighted by Crippen LogP contribution is -2.45. The van der Waals surface area contributed by atoms with E-state index in [2.05, 4.69) is 31.9 Å². The minimum Gasteiger partial charge on any atom is -0.201 e. The van der Waals surface area contributed by atoms with Crippen LogP contribution in [0.25, 0.3) is 11.3 Å². The summed E-state index contributed by atoms with van der Waals surface area (Å²) < 4.78 is 43.1. The Hall–Kier alpha value is -1.62. The molecule has 0 saturated carbocycles. The van der Waals surface area contributed by atoms with Gasteiger partial charge in [-0.2, -0.15) is 13.2 Å². The van der Waals surface area contributed by atoms with E-state index in [1.807, 2.05) is 45.4 Å². The summed E-state index contributed by atoms with van der Waals surface area (Å²) in [6.45, 7) is 14.1. The van der Waals surface area contributed by atoms with E-state index in [9.17, 15) is 13.2 Å². The van der Waals surface area contributed by atoms with Gasteiger partial charge < -0.3 is 0 Å². The van der Waals surface area contributed by atoms with E-state index < -0.39 is 25.2 Å². The Morgan fingerprint density at radius 3 is 1.92 bits per heavy atom. The summed E-state index contributed by atoms with van der Waals surface area (Å²) in [5.41, 5.74) is 1.52. The van der Waals surface area contributed by atoms with Gasteiger partial charge in [0.2, 0.25) is 5.69 Å². The second kappa shape index (κ2) is 6.52. The quantitative estimate of drug-likeness (QED) is 0.488. The maximum atomic E-state index is 13.7. The van der Waals surface area contributed by atoms with Gasteiger partial charge in [-0.15, -0.1) is 0 Å². The molecule has 0 unspecified atom stereocenters. The molecule has 0 atom stereocenters. The van der Waals surface area contributed by atoms with Gasteiger partial charge in [-0.25, -0.2) is 4.57 Å². The number of halogens is 3. The number of aromatic nitrogens is 1. The fourth-order valence-corrected chi connectivity index (χ4v) is 4.33. The molecule has 2 aromatic rings. The smallest absolute Gasteiger partial charge is 0.201 e. The van der Waals surface area contributed by atoms with Gasteiger partial charge in [0.05, 0.1) is 13.6 Å². The zero-order chi connectivity index (χ0) is 20.1. The second-order valence-electron chi connectivity index (χ2n) is 9.12. The third kappa shape index (κ3) is 4.19. The molecular weight excluding hydrogens is 351 g/mol. The fourth-order valence-electron chi connectivity index (χ4n) is 3.17. The topological polar surface area (TPSA) is 3.88 Å². The molecule has 1 aromatic heterocycles. The molecule has 5 heteroatoms. The van der Waals surface area contributed by atoms with Crippen molar-refractivity contribution < 1.29 is 17.7 Å². The average Bonchev–Trinajstić information content (AvgIpc) is 2.44. The van der Waals surface area contributed by atoms with E-state index in [4.69, 9.17) is 0 Å². The van der Waals surface area contributed by atoms with Crippen LogP contribution >= 0.6 is 0 Å². The Balaban J connectivity index is 2.72. The SMILES string of the molecule is Cc1cc(C(C)(C)C)c(C(F)(F)F)cc1-c1ccc([Si](C)(C)C)c[n+]1C. The van der Waals surface area contributed by atoms with Crippen LogP contribution in [-0.4, -0.2) is 8.07 Å². The highest BCUT2D eigenvalue weighted by atomic mass is 28.3. The summed E-state index contributed by atoms with van der Waals surface area (Å²) in [5, 5.41) is 1.28. The molecule has 1 heterocycles. The van der Waals surface area contributed by atoms with Crippen molar-refractivity contribution in [1.29, 1.82) is 0 Å². The van der Waals surface area contributed by atoms with Crippen molar-refractivity contribution >= 4 is 13.3 Å². The molecule has 0 aliphatic carbocycles. The van der Waals surface area contributed by atoms with Crippen molar-refractivity contribution in [2.24, 2.45) is 7.05 Å². The van der Waals surface area contributed by atoms with Crippen LogP contribution in [0, 0.1) is 6.92 Å².